The van der Waals surface area contributed by atoms with E-state index in [0.29, 0.717) is 5.69 Å². The lowest BCUT2D eigenvalue weighted by atomic mass is 10.2. The maximum Gasteiger partial charge on any atom is 0.272 e. The topological polar surface area (TPSA) is 49.6 Å². The van der Waals surface area contributed by atoms with E-state index >= 15 is 0 Å². The third-order valence-corrected chi connectivity index (χ3v) is 3.67. The Kier molecular flexibility index (Phi) is 3.77. The zero-order valence-corrected chi connectivity index (χ0v) is 11.1. The summed E-state index contributed by atoms with van der Waals surface area (Å²) in [6.45, 7) is 3.18. The van der Waals surface area contributed by atoms with Gasteiger partial charge in [-0.15, -0.1) is 0 Å². The number of hydrogen-bond donors (Lipinski definition) is 0. The van der Waals surface area contributed by atoms with E-state index in [0.717, 1.165) is 32.2 Å². The number of benzene rings is 1. The maximum atomic E-state index is 13.7. The highest BCUT2D eigenvalue weighted by Crippen LogP contribution is 2.25. The third kappa shape index (κ3) is 2.83. The SMILES string of the molecule is O=[N+]([O-])c1ccc(N2CCN(I)CC2)c(F)c1. The van der Waals surface area contributed by atoms with E-state index in [4.69, 9.17) is 0 Å². The molecule has 1 aliphatic heterocycles. The highest BCUT2D eigenvalue weighted by molar-refractivity contribution is 14.1. The molecule has 0 saturated carbocycles. The molecule has 1 fully saturated rings. The molecule has 92 valence electrons. The molecule has 0 unspecified atom stereocenters. The molecule has 0 aliphatic carbocycles. The summed E-state index contributed by atoms with van der Waals surface area (Å²) in [4.78, 5) is 11.8. The summed E-state index contributed by atoms with van der Waals surface area (Å²) < 4.78 is 15.9. The van der Waals surface area contributed by atoms with Crippen molar-refractivity contribution in [2.24, 2.45) is 0 Å². The summed E-state index contributed by atoms with van der Waals surface area (Å²) in [5, 5.41) is 10.5. The van der Waals surface area contributed by atoms with Gasteiger partial charge in [0.15, 0.2) is 5.82 Å². The summed E-state index contributed by atoms with van der Waals surface area (Å²) in [6.07, 6.45) is 0. The first-order valence-electron chi connectivity index (χ1n) is 5.17. The maximum absolute atomic E-state index is 13.7. The first kappa shape index (κ1) is 12.5. The number of nitrogens with zero attached hydrogens (tertiary/aromatic N) is 3. The highest BCUT2D eigenvalue weighted by atomic mass is 127. The first-order chi connectivity index (χ1) is 8.08. The van der Waals surface area contributed by atoms with E-state index in [1.54, 1.807) is 0 Å². The smallest absolute Gasteiger partial charge is 0.272 e. The van der Waals surface area contributed by atoms with Crippen LogP contribution in [0.25, 0.3) is 0 Å². The van der Waals surface area contributed by atoms with Crippen molar-refractivity contribution in [3.05, 3.63) is 34.1 Å². The number of nitro benzene ring substituents is 1. The van der Waals surface area contributed by atoms with E-state index in [1.807, 2.05) is 4.90 Å². The molecule has 1 saturated heterocycles. The molecule has 1 aliphatic rings. The van der Waals surface area contributed by atoms with Crippen molar-refractivity contribution < 1.29 is 9.31 Å². The van der Waals surface area contributed by atoms with Crippen LogP contribution in [-0.4, -0.2) is 34.2 Å². The van der Waals surface area contributed by atoms with Gasteiger partial charge in [-0.25, -0.2) is 7.50 Å². The van der Waals surface area contributed by atoms with Crippen LogP contribution in [0.15, 0.2) is 18.2 Å². The minimum Gasteiger partial charge on any atom is -0.367 e. The molecule has 0 amide bonds. The lowest BCUT2D eigenvalue weighted by Gasteiger charge is -2.32. The molecule has 0 radical (unpaired) electrons. The quantitative estimate of drug-likeness (QED) is 0.355. The van der Waals surface area contributed by atoms with Crippen molar-refractivity contribution in [3.63, 3.8) is 0 Å². The molecule has 2 rings (SSSR count). The van der Waals surface area contributed by atoms with Gasteiger partial charge in [0.1, 0.15) is 0 Å². The van der Waals surface area contributed by atoms with Gasteiger partial charge < -0.3 is 4.90 Å². The van der Waals surface area contributed by atoms with Crippen molar-refractivity contribution in [2.45, 2.75) is 0 Å². The molecule has 5 nitrogen and oxygen atoms in total. The number of rotatable bonds is 2. The Hall–Kier alpha value is -0.960. The second kappa shape index (κ2) is 5.13. The van der Waals surface area contributed by atoms with Crippen LogP contribution in [0.4, 0.5) is 15.8 Å². The predicted octanol–water partition coefficient (Wildman–Crippen LogP) is 2.21. The first-order valence-corrected chi connectivity index (χ1v) is 6.14. The Labute approximate surface area is 112 Å². The van der Waals surface area contributed by atoms with Crippen LogP contribution in [-0.2, 0) is 0 Å². The van der Waals surface area contributed by atoms with Crippen LogP contribution in [0.5, 0.6) is 0 Å². The summed E-state index contributed by atoms with van der Waals surface area (Å²) in [7, 11) is 0. The summed E-state index contributed by atoms with van der Waals surface area (Å²) >= 11 is 2.23. The second-order valence-electron chi connectivity index (χ2n) is 3.79. The number of nitro groups is 1. The Morgan fingerprint density at radius 2 is 1.94 bits per heavy atom. The van der Waals surface area contributed by atoms with Crippen molar-refractivity contribution in [3.8, 4) is 0 Å². The molecule has 17 heavy (non-hydrogen) atoms. The Morgan fingerprint density at radius 1 is 1.29 bits per heavy atom. The molecular formula is C10H11FIN3O2. The zero-order valence-electron chi connectivity index (χ0n) is 8.97. The third-order valence-electron chi connectivity index (χ3n) is 2.71. The minimum absolute atomic E-state index is 0.209. The van der Waals surface area contributed by atoms with Crippen molar-refractivity contribution in [1.29, 1.82) is 0 Å². The van der Waals surface area contributed by atoms with Crippen molar-refractivity contribution in [1.82, 2.24) is 3.11 Å². The highest BCUT2D eigenvalue weighted by Gasteiger charge is 2.19. The monoisotopic (exact) mass is 351 g/mol. The van der Waals surface area contributed by atoms with Gasteiger partial charge >= 0.3 is 0 Å². The Balaban J connectivity index is 2.19. The van der Waals surface area contributed by atoms with Gasteiger partial charge in [-0.05, 0) is 6.07 Å². The fraction of sp³-hybridized carbons (Fsp3) is 0.400. The van der Waals surface area contributed by atoms with E-state index < -0.39 is 10.7 Å². The zero-order chi connectivity index (χ0) is 12.4. The largest absolute Gasteiger partial charge is 0.367 e. The average molecular weight is 351 g/mol. The van der Waals surface area contributed by atoms with E-state index in [-0.39, 0.29) is 5.69 Å². The van der Waals surface area contributed by atoms with Gasteiger partial charge in [-0.1, -0.05) is 0 Å². The van der Waals surface area contributed by atoms with E-state index in [2.05, 4.69) is 26.0 Å². The predicted molar refractivity (Wildman–Crippen MR) is 70.9 cm³/mol. The molecule has 0 spiro atoms. The number of hydrogen-bond acceptors (Lipinski definition) is 4. The number of halogens is 2. The van der Waals surface area contributed by atoms with Crippen LogP contribution in [0.2, 0.25) is 0 Å². The summed E-state index contributed by atoms with van der Waals surface area (Å²) in [6, 6.07) is 3.80. The molecule has 1 aromatic carbocycles. The number of non-ortho nitro benzene ring substituents is 1. The van der Waals surface area contributed by atoms with Gasteiger partial charge in [0.05, 0.1) is 16.7 Å². The number of anilines is 1. The average Bonchev–Trinajstić information content (AvgIpc) is 2.30. The normalized spacial score (nSPS) is 17.2. The summed E-state index contributed by atoms with van der Waals surface area (Å²) in [5.41, 5.74) is 0.235. The van der Waals surface area contributed by atoms with Crippen molar-refractivity contribution in [2.75, 3.05) is 31.1 Å². The standard InChI is InChI=1S/C10H11FIN3O2/c11-9-7-8(15(16)17)1-2-10(9)13-3-5-14(12)6-4-13/h1-2,7H,3-6H2. The van der Waals surface area contributed by atoms with Crippen LogP contribution in [0.1, 0.15) is 0 Å². The molecule has 0 aromatic heterocycles. The number of piperazine rings is 1. The summed E-state index contributed by atoms with van der Waals surface area (Å²) in [5.74, 6) is -0.527. The minimum atomic E-state index is -0.588. The van der Waals surface area contributed by atoms with Crippen LogP contribution < -0.4 is 4.90 Å². The van der Waals surface area contributed by atoms with Gasteiger partial charge in [0.2, 0.25) is 0 Å². The molecule has 0 N–H and O–H groups in total. The molecule has 7 heteroatoms. The fourth-order valence-corrected chi connectivity index (χ4v) is 2.22. The lowest BCUT2D eigenvalue weighted by Crippen LogP contribution is -2.42. The van der Waals surface area contributed by atoms with Gasteiger partial charge in [0, 0.05) is 55.1 Å². The molecule has 0 atom stereocenters. The second-order valence-corrected chi connectivity index (χ2v) is 5.15. The van der Waals surface area contributed by atoms with Crippen LogP contribution >= 0.6 is 22.9 Å². The van der Waals surface area contributed by atoms with Gasteiger partial charge in [-0.2, -0.15) is 0 Å². The fourth-order valence-electron chi connectivity index (χ4n) is 1.79. The Bertz CT molecular complexity index is 436. The van der Waals surface area contributed by atoms with Crippen LogP contribution in [0.3, 0.4) is 0 Å². The van der Waals surface area contributed by atoms with Gasteiger partial charge in [0.25, 0.3) is 5.69 Å². The molecule has 1 heterocycles. The van der Waals surface area contributed by atoms with Crippen molar-refractivity contribution >= 4 is 34.2 Å². The molecular weight excluding hydrogens is 340 g/mol. The van der Waals surface area contributed by atoms with Crippen LogP contribution in [0, 0.1) is 15.9 Å². The molecule has 0 bridgehead atoms. The Morgan fingerprint density at radius 3 is 2.47 bits per heavy atom. The van der Waals surface area contributed by atoms with E-state index in [1.165, 1.54) is 12.1 Å². The molecule has 1 aromatic rings. The van der Waals surface area contributed by atoms with E-state index in [9.17, 15) is 14.5 Å². The lowest BCUT2D eigenvalue weighted by molar-refractivity contribution is -0.385. The van der Waals surface area contributed by atoms with Gasteiger partial charge in [-0.3, -0.25) is 10.1 Å².